The molecule has 0 radical (unpaired) electrons. The summed E-state index contributed by atoms with van der Waals surface area (Å²) in [6.45, 7) is 12.5. The lowest BCUT2D eigenvalue weighted by atomic mass is 9.97. The van der Waals surface area contributed by atoms with Crippen LogP contribution in [0.15, 0.2) is 0 Å². The van der Waals surface area contributed by atoms with E-state index < -0.39 is 0 Å². The normalized spacial score (nSPS) is 31.5. The molecule has 0 N–H and O–H groups in total. The molecule has 2 heteroatoms. The third-order valence-electron chi connectivity index (χ3n) is 5.10. The van der Waals surface area contributed by atoms with Crippen molar-refractivity contribution >= 4 is 0 Å². The van der Waals surface area contributed by atoms with E-state index in [2.05, 4.69) is 30.6 Å². The molecule has 0 amide bonds. The minimum Gasteiger partial charge on any atom is -0.298 e. The lowest BCUT2D eigenvalue weighted by Crippen LogP contribution is -2.55. The van der Waals surface area contributed by atoms with Crippen LogP contribution in [-0.4, -0.2) is 48.1 Å². The third kappa shape index (κ3) is 3.48. The second kappa shape index (κ2) is 6.91. The molecule has 106 valence electrons. The number of unbranched alkanes of at least 4 members (excludes halogenated alkanes) is 1. The van der Waals surface area contributed by atoms with Crippen LogP contribution in [0.1, 0.15) is 59.3 Å². The van der Waals surface area contributed by atoms with Gasteiger partial charge in [0.2, 0.25) is 0 Å². The molecule has 2 nitrogen and oxygen atoms in total. The first-order valence-electron chi connectivity index (χ1n) is 8.22. The highest BCUT2D eigenvalue weighted by atomic mass is 15.3. The average molecular weight is 252 g/mol. The Morgan fingerprint density at radius 3 is 2.78 bits per heavy atom. The van der Waals surface area contributed by atoms with Crippen LogP contribution < -0.4 is 0 Å². The van der Waals surface area contributed by atoms with E-state index in [9.17, 15) is 0 Å². The van der Waals surface area contributed by atoms with E-state index in [0.717, 1.165) is 18.0 Å². The summed E-state index contributed by atoms with van der Waals surface area (Å²) >= 11 is 0. The van der Waals surface area contributed by atoms with Gasteiger partial charge in [0.05, 0.1) is 0 Å². The standard InChI is InChI=1S/C16H32N2/c1-4-6-8-15(5-2)12-18-13-16-9-7-10-17(16)11-14(18)3/h14-16H,4-13H2,1-3H3. The van der Waals surface area contributed by atoms with Crippen LogP contribution in [0.4, 0.5) is 0 Å². The third-order valence-corrected chi connectivity index (χ3v) is 5.10. The molecular weight excluding hydrogens is 220 g/mol. The second-order valence-corrected chi connectivity index (χ2v) is 6.51. The Morgan fingerprint density at radius 1 is 1.22 bits per heavy atom. The molecule has 0 bridgehead atoms. The molecule has 3 atom stereocenters. The van der Waals surface area contributed by atoms with Crippen LogP contribution in [0.25, 0.3) is 0 Å². The number of fused-ring (bicyclic) bond motifs is 1. The fourth-order valence-corrected chi connectivity index (χ4v) is 3.75. The molecule has 2 rings (SSSR count). The first-order chi connectivity index (χ1) is 8.74. The zero-order valence-electron chi connectivity index (χ0n) is 12.7. The van der Waals surface area contributed by atoms with Gasteiger partial charge in [-0.25, -0.2) is 0 Å². The molecule has 0 aromatic heterocycles. The summed E-state index contributed by atoms with van der Waals surface area (Å²) in [5.74, 6) is 0.931. The number of nitrogens with zero attached hydrogens (tertiary/aromatic N) is 2. The van der Waals surface area contributed by atoms with Gasteiger partial charge in [-0.1, -0.05) is 33.1 Å². The summed E-state index contributed by atoms with van der Waals surface area (Å²) < 4.78 is 0. The SMILES string of the molecule is CCCCC(CC)CN1CC2CCCN2CC1C. The van der Waals surface area contributed by atoms with Gasteiger partial charge < -0.3 is 0 Å². The minimum absolute atomic E-state index is 0.773. The van der Waals surface area contributed by atoms with E-state index in [-0.39, 0.29) is 0 Å². The van der Waals surface area contributed by atoms with Crippen molar-refractivity contribution in [1.82, 2.24) is 9.80 Å². The van der Waals surface area contributed by atoms with E-state index in [1.807, 2.05) is 0 Å². The largest absolute Gasteiger partial charge is 0.298 e. The van der Waals surface area contributed by atoms with Crippen molar-refractivity contribution in [3.8, 4) is 0 Å². The highest BCUT2D eigenvalue weighted by molar-refractivity contribution is 4.91. The van der Waals surface area contributed by atoms with E-state index >= 15 is 0 Å². The van der Waals surface area contributed by atoms with Gasteiger partial charge in [0.1, 0.15) is 0 Å². The fraction of sp³-hybridized carbons (Fsp3) is 1.00. The van der Waals surface area contributed by atoms with Crippen LogP contribution in [0.5, 0.6) is 0 Å². The van der Waals surface area contributed by atoms with E-state index in [4.69, 9.17) is 0 Å². The Morgan fingerprint density at radius 2 is 2.06 bits per heavy atom. The van der Waals surface area contributed by atoms with Crippen molar-refractivity contribution in [2.24, 2.45) is 5.92 Å². The summed E-state index contributed by atoms with van der Waals surface area (Å²) in [4.78, 5) is 5.52. The number of hydrogen-bond donors (Lipinski definition) is 0. The van der Waals surface area contributed by atoms with E-state index in [1.54, 1.807) is 0 Å². The van der Waals surface area contributed by atoms with Gasteiger partial charge in [-0.2, -0.15) is 0 Å². The highest BCUT2D eigenvalue weighted by Crippen LogP contribution is 2.26. The van der Waals surface area contributed by atoms with Crippen molar-refractivity contribution < 1.29 is 0 Å². The summed E-state index contributed by atoms with van der Waals surface area (Å²) in [6.07, 6.45) is 8.42. The zero-order chi connectivity index (χ0) is 13.0. The maximum absolute atomic E-state index is 2.79. The quantitative estimate of drug-likeness (QED) is 0.715. The van der Waals surface area contributed by atoms with E-state index in [1.165, 1.54) is 64.7 Å². The van der Waals surface area contributed by atoms with Gasteiger partial charge in [0.15, 0.2) is 0 Å². The van der Waals surface area contributed by atoms with Gasteiger partial charge in [0.25, 0.3) is 0 Å². The summed E-state index contributed by atoms with van der Waals surface area (Å²) in [6, 6.07) is 1.65. The Balaban J connectivity index is 1.83. The van der Waals surface area contributed by atoms with Crippen molar-refractivity contribution in [2.45, 2.75) is 71.4 Å². The first-order valence-corrected chi connectivity index (χ1v) is 8.22. The smallest absolute Gasteiger partial charge is 0.0224 e. The van der Waals surface area contributed by atoms with E-state index in [0.29, 0.717) is 0 Å². The average Bonchev–Trinajstić information content (AvgIpc) is 2.81. The van der Waals surface area contributed by atoms with Gasteiger partial charge >= 0.3 is 0 Å². The summed E-state index contributed by atoms with van der Waals surface area (Å²) in [5, 5.41) is 0. The molecule has 2 aliphatic rings. The molecule has 0 spiro atoms. The monoisotopic (exact) mass is 252 g/mol. The lowest BCUT2D eigenvalue weighted by molar-refractivity contribution is 0.0463. The molecule has 0 aliphatic carbocycles. The number of piperazine rings is 1. The van der Waals surface area contributed by atoms with Crippen LogP contribution in [0.3, 0.4) is 0 Å². The van der Waals surface area contributed by atoms with Crippen molar-refractivity contribution in [2.75, 3.05) is 26.2 Å². The molecule has 2 aliphatic heterocycles. The second-order valence-electron chi connectivity index (χ2n) is 6.51. The topological polar surface area (TPSA) is 6.48 Å². The molecule has 2 saturated heterocycles. The summed E-state index contributed by atoms with van der Waals surface area (Å²) in [7, 11) is 0. The predicted octanol–water partition coefficient (Wildman–Crippen LogP) is 3.37. The fourth-order valence-electron chi connectivity index (χ4n) is 3.75. The van der Waals surface area contributed by atoms with Crippen molar-refractivity contribution in [3.63, 3.8) is 0 Å². The Kier molecular flexibility index (Phi) is 5.50. The Hall–Kier alpha value is -0.0800. The summed E-state index contributed by atoms with van der Waals surface area (Å²) in [5.41, 5.74) is 0. The Bertz CT molecular complexity index is 241. The van der Waals surface area contributed by atoms with Crippen LogP contribution >= 0.6 is 0 Å². The molecule has 0 aromatic carbocycles. The molecule has 2 heterocycles. The number of hydrogen-bond acceptors (Lipinski definition) is 2. The molecule has 3 unspecified atom stereocenters. The Labute approximate surface area is 114 Å². The van der Waals surface area contributed by atoms with Gasteiger partial charge in [-0.05, 0) is 38.6 Å². The van der Waals surface area contributed by atoms with Gasteiger partial charge in [0, 0.05) is 31.7 Å². The van der Waals surface area contributed by atoms with Crippen molar-refractivity contribution in [3.05, 3.63) is 0 Å². The number of rotatable bonds is 6. The predicted molar refractivity (Wildman–Crippen MR) is 78.9 cm³/mol. The van der Waals surface area contributed by atoms with Crippen LogP contribution in [-0.2, 0) is 0 Å². The maximum atomic E-state index is 2.79. The first kappa shape index (κ1) is 14.3. The molecule has 0 aromatic rings. The van der Waals surface area contributed by atoms with Crippen LogP contribution in [0.2, 0.25) is 0 Å². The zero-order valence-corrected chi connectivity index (χ0v) is 12.7. The molecule has 0 saturated carbocycles. The van der Waals surface area contributed by atoms with Crippen molar-refractivity contribution in [1.29, 1.82) is 0 Å². The lowest BCUT2D eigenvalue weighted by Gasteiger charge is -2.43. The minimum atomic E-state index is 0.773. The highest BCUT2D eigenvalue weighted by Gasteiger charge is 2.34. The maximum Gasteiger partial charge on any atom is 0.0224 e. The van der Waals surface area contributed by atoms with Crippen LogP contribution in [0, 0.1) is 5.92 Å². The molecule has 2 fully saturated rings. The molecule has 18 heavy (non-hydrogen) atoms. The van der Waals surface area contributed by atoms with Gasteiger partial charge in [-0.3, -0.25) is 9.80 Å². The molecular formula is C16H32N2. The van der Waals surface area contributed by atoms with Gasteiger partial charge in [-0.15, -0.1) is 0 Å².